The molecule has 0 saturated heterocycles. The van der Waals surface area contributed by atoms with Crippen LogP contribution in [0, 0.1) is 10.1 Å². The fraction of sp³-hybridized carbons (Fsp3) is 0.0833. The molecule has 8 heteroatoms. The third kappa shape index (κ3) is 3.51. The Kier molecular flexibility index (Phi) is 4.61. The number of para-hydroxylation sites is 1. The van der Waals surface area contributed by atoms with Crippen LogP contribution in [-0.2, 0) is 0 Å². The standard InChI is InChI=1S/C12H11N5O2S/c1-20-12-13-7-10(8-14-12)16-15-6-9-4-2-3-5-11(9)17(18)19/h2-8,16H,1H3/b15-6+. The van der Waals surface area contributed by atoms with Crippen molar-refractivity contribution < 1.29 is 4.92 Å². The van der Waals surface area contributed by atoms with E-state index in [-0.39, 0.29) is 5.69 Å². The Labute approximate surface area is 119 Å². The molecule has 1 aromatic carbocycles. The predicted octanol–water partition coefficient (Wildman–Crippen LogP) is 2.55. The summed E-state index contributed by atoms with van der Waals surface area (Å²) in [4.78, 5) is 18.5. The number of anilines is 1. The molecule has 0 spiro atoms. The van der Waals surface area contributed by atoms with E-state index in [0.29, 0.717) is 16.4 Å². The first kappa shape index (κ1) is 13.9. The van der Waals surface area contributed by atoms with Gasteiger partial charge in [-0.3, -0.25) is 15.5 Å². The summed E-state index contributed by atoms with van der Waals surface area (Å²) in [6, 6.07) is 6.37. The lowest BCUT2D eigenvalue weighted by Gasteiger charge is -2.00. The van der Waals surface area contributed by atoms with E-state index in [1.807, 2.05) is 6.26 Å². The van der Waals surface area contributed by atoms with E-state index in [4.69, 9.17) is 0 Å². The SMILES string of the molecule is CSc1ncc(N/N=C/c2ccccc2[N+](=O)[O-])cn1. The van der Waals surface area contributed by atoms with E-state index in [1.165, 1.54) is 24.0 Å². The molecule has 1 N–H and O–H groups in total. The Bertz CT molecular complexity index is 630. The van der Waals surface area contributed by atoms with Crippen molar-refractivity contribution in [2.24, 2.45) is 5.10 Å². The van der Waals surface area contributed by atoms with Gasteiger partial charge >= 0.3 is 0 Å². The average Bonchev–Trinajstić information content (AvgIpc) is 2.48. The van der Waals surface area contributed by atoms with Gasteiger partial charge in [-0.25, -0.2) is 9.97 Å². The van der Waals surface area contributed by atoms with Crippen molar-refractivity contribution in [2.75, 3.05) is 11.7 Å². The number of hydrogen-bond donors (Lipinski definition) is 1. The second-order valence-electron chi connectivity index (χ2n) is 3.64. The van der Waals surface area contributed by atoms with Crippen molar-refractivity contribution in [1.82, 2.24) is 9.97 Å². The number of hydrogen-bond acceptors (Lipinski definition) is 7. The Morgan fingerprint density at radius 1 is 1.35 bits per heavy atom. The highest BCUT2D eigenvalue weighted by Gasteiger charge is 2.09. The van der Waals surface area contributed by atoms with Gasteiger partial charge in [0.25, 0.3) is 5.69 Å². The highest BCUT2D eigenvalue weighted by molar-refractivity contribution is 7.98. The number of hydrazone groups is 1. The zero-order valence-corrected chi connectivity index (χ0v) is 11.4. The smallest absolute Gasteiger partial charge is 0.275 e. The van der Waals surface area contributed by atoms with Gasteiger partial charge in [-0.2, -0.15) is 5.10 Å². The average molecular weight is 289 g/mol. The van der Waals surface area contributed by atoms with Crippen molar-refractivity contribution in [1.29, 1.82) is 0 Å². The van der Waals surface area contributed by atoms with Gasteiger partial charge in [-0.15, -0.1) is 0 Å². The monoisotopic (exact) mass is 289 g/mol. The normalized spacial score (nSPS) is 10.7. The number of benzene rings is 1. The number of thioether (sulfide) groups is 1. The zero-order chi connectivity index (χ0) is 14.4. The van der Waals surface area contributed by atoms with Crippen LogP contribution in [0.4, 0.5) is 11.4 Å². The van der Waals surface area contributed by atoms with Gasteiger partial charge in [-0.05, 0) is 12.3 Å². The topological polar surface area (TPSA) is 93.3 Å². The molecule has 0 aliphatic heterocycles. The number of rotatable bonds is 5. The molecule has 0 aliphatic carbocycles. The Hall–Kier alpha value is -2.48. The van der Waals surface area contributed by atoms with E-state index in [2.05, 4.69) is 20.5 Å². The van der Waals surface area contributed by atoms with E-state index in [9.17, 15) is 10.1 Å². The Morgan fingerprint density at radius 3 is 2.70 bits per heavy atom. The molecule has 0 saturated carbocycles. The lowest BCUT2D eigenvalue weighted by Crippen LogP contribution is -1.97. The second-order valence-corrected chi connectivity index (χ2v) is 4.42. The molecule has 0 unspecified atom stereocenters. The van der Waals surface area contributed by atoms with Crippen molar-refractivity contribution in [3.05, 3.63) is 52.3 Å². The molecule has 0 aliphatic rings. The van der Waals surface area contributed by atoms with Crippen LogP contribution >= 0.6 is 11.8 Å². The summed E-state index contributed by atoms with van der Waals surface area (Å²) >= 11 is 1.44. The van der Waals surface area contributed by atoms with Crippen LogP contribution in [0.1, 0.15) is 5.56 Å². The molecular weight excluding hydrogens is 278 g/mol. The molecule has 2 rings (SSSR count). The minimum absolute atomic E-state index is 0.00651. The summed E-state index contributed by atoms with van der Waals surface area (Å²) in [5, 5.41) is 15.4. The van der Waals surface area contributed by atoms with Crippen LogP contribution in [0.5, 0.6) is 0 Å². The Morgan fingerprint density at radius 2 is 2.05 bits per heavy atom. The molecule has 20 heavy (non-hydrogen) atoms. The largest absolute Gasteiger partial charge is 0.278 e. The Balaban J connectivity index is 2.08. The van der Waals surface area contributed by atoms with Crippen LogP contribution in [0.25, 0.3) is 0 Å². The quantitative estimate of drug-likeness (QED) is 0.299. The fourth-order valence-electron chi connectivity index (χ4n) is 1.42. The van der Waals surface area contributed by atoms with Crippen LogP contribution in [0.15, 0.2) is 46.9 Å². The number of nitro benzene ring substituents is 1. The second kappa shape index (κ2) is 6.62. The third-order valence-corrected chi connectivity index (χ3v) is 2.92. The third-order valence-electron chi connectivity index (χ3n) is 2.34. The summed E-state index contributed by atoms with van der Waals surface area (Å²) < 4.78 is 0. The lowest BCUT2D eigenvalue weighted by atomic mass is 10.2. The van der Waals surface area contributed by atoms with E-state index >= 15 is 0 Å². The number of nitrogens with one attached hydrogen (secondary N) is 1. The molecule has 1 aromatic heterocycles. The molecular formula is C12H11N5O2S. The number of aromatic nitrogens is 2. The summed E-state index contributed by atoms with van der Waals surface area (Å²) in [5.41, 5.74) is 3.76. The van der Waals surface area contributed by atoms with Gasteiger partial charge in [0.15, 0.2) is 5.16 Å². The van der Waals surface area contributed by atoms with E-state index in [1.54, 1.807) is 30.6 Å². The molecule has 0 atom stereocenters. The van der Waals surface area contributed by atoms with Gasteiger partial charge < -0.3 is 0 Å². The maximum Gasteiger partial charge on any atom is 0.278 e. The van der Waals surface area contributed by atoms with Crippen LogP contribution in [-0.4, -0.2) is 27.4 Å². The van der Waals surface area contributed by atoms with Gasteiger partial charge in [0, 0.05) is 6.07 Å². The van der Waals surface area contributed by atoms with Crippen LogP contribution < -0.4 is 5.43 Å². The van der Waals surface area contributed by atoms with Crippen LogP contribution in [0.3, 0.4) is 0 Å². The van der Waals surface area contributed by atoms with Crippen molar-refractivity contribution in [3.8, 4) is 0 Å². The molecule has 0 bridgehead atoms. The van der Waals surface area contributed by atoms with Crippen molar-refractivity contribution >= 4 is 29.4 Å². The van der Waals surface area contributed by atoms with E-state index in [0.717, 1.165) is 0 Å². The van der Waals surface area contributed by atoms with Crippen LogP contribution in [0.2, 0.25) is 0 Å². The highest BCUT2D eigenvalue weighted by Crippen LogP contribution is 2.15. The van der Waals surface area contributed by atoms with Gasteiger partial charge in [0.1, 0.15) is 0 Å². The molecule has 0 radical (unpaired) electrons. The molecule has 102 valence electrons. The minimum atomic E-state index is -0.447. The fourth-order valence-corrected chi connectivity index (χ4v) is 1.73. The highest BCUT2D eigenvalue weighted by atomic mass is 32.2. The summed E-state index contributed by atoms with van der Waals surface area (Å²) in [7, 11) is 0. The van der Waals surface area contributed by atoms with Gasteiger partial charge in [0.2, 0.25) is 0 Å². The predicted molar refractivity (Wildman–Crippen MR) is 78.1 cm³/mol. The van der Waals surface area contributed by atoms with Gasteiger partial charge in [0.05, 0.1) is 34.8 Å². The maximum absolute atomic E-state index is 10.8. The maximum atomic E-state index is 10.8. The first-order valence-corrected chi connectivity index (χ1v) is 6.81. The van der Waals surface area contributed by atoms with Crippen molar-refractivity contribution in [2.45, 2.75) is 5.16 Å². The molecule has 2 aromatic rings. The molecule has 7 nitrogen and oxygen atoms in total. The number of nitrogens with zero attached hydrogens (tertiary/aromatic N) is 4. The molecule has 1 heterocycles. The summed E-state index contributed by atoms with van der Waals surface area (Å²) in [6.07, 6.45) is 6.46. The zero-order valence-electron chi connectivity index (χ0n) is 10.6. The molecule has 0 amide bonds. The summed E-state index contributed by atoms with van der Waals surface area (Å²) in [6.45, 7) is 0. The van der Waals surface area contributed by atoms with Gasteiger partial charge in [-0.1, -0.05) is 23.9 Å². The minimum Gasteiger partial charge on any atom is -0.275 e. The molecule has 0 fully saturated rings. The number of nitro groups is 1. The first-order valence-electron chi connectivity index (χ1n) is 5.59. The lowest BCUT2D eigenvalue weighted by molar-refractivity contribution is -0.385. The van der Waals surface area contributed by atoms with Crippen molar-refractivity contribution in [3.63, 3.8) is 0 Å². The van der Waals surface area contributed by atoms with E-state index < -0.39 is 4.92 Å². The first-order chi connectivity index (χ1) is 9.70. The summed E-state index contributed by atoms with van der Waals surface area (Å²) in [5.74, 6) is 0.